The number of aryl methyl sites for hydroxylation is 1. The van der Waals surface area contributed by atoms with Gasteiger partial charge in [0.25, 0.3) is 0 Å². The van der Waals surface area contributed by atoms with E-state index in [1.54, 1.807) is 6.07 Å². The van der Waals surface area contributed by atoms with E-state index in [-0.39, 0.29) is 6.04 Å². The number of hydrazine groups is 1. The number of pyridine rings is 1. The summed E-state index contributed by atoms with van der Waals surface area (Å²) in [5, 5.41) is 7.49. The minimum Gasteiger partial charge on any atom is -0.274 e. The second-order valence-corrected chi connectivity index (χ2v) is 6.22. The van der Waals surface area contributed by atoms with E-state index < -0.39 is 0 Å². The zero-order valence-electron chi connectivity index (χ0n) is 12.0. The molecular formula is C15H13Cl2N5. The SMILES string of the molecule is CC1=NNc2cc(C)nc3c2N1NC3c1ccc(Cl)cc1Cl. The number of benzene rings is 1. The smallest absolute Gasteiger partial charge is 0.141 e. The van der Waals surface area contributed by atoms with Crippen molar-refractivity contribution in [2.24, 2.45) is 5.10 Å². The fourth-order valence-corrected chi connectivity index (χ4v) is 3.38. The maximum absolute atomic E-state index is 6.38. The molecular weight excluding hydrogens is 321 g/mol. The highest BCUT2D eigenvalue weighted by molar-refractivity contribution is 6.35. The first kappa shape index (κ1) is 13.8. The molecule has 0 aliphatic carbocycles. The van der Waals surface area contributed by atoms with Crippen LogP contribution >= 0.6 is 23.2 Å². The maximum Gasteiger partial charge on any atom is 0.141 e. The van der Waals surface area contributed by atoms with Crippen molar-refractivity contribution < 1.29 is 0 Å². The molecule has 2 aliphatic rings. The van der Waals surface area contributed by atoms with E-state index in [2.05, 4.69) is 16.0 Å². The number of anilines is 2. The Bertz CT molecular complexity index is 818. The fraction of sp³-hybridized carbons (Fsp3) is 0.200. The van der Waals surface area contributed by atoms with Crippen LogP contribution in [-0.2, 0) is 0 Å². The third-order valence-electron chi connectivity index (χ3n) is 3.84. The number of halogens is 2. The summed E-state index contributed by atoms with van der Waals surface area (Å²) in [6.45, 7) is 3.89. The predicted octanol–water partition coefficient (Wildman–Crippen LogP) is 3.87. The van der Waals surface area contributed by atoms with Gasteiger partial charge in [0.2, 0.25) is 0 Å². The van der Waals surface area contributed by atoms with Gasteiger partial charge in [-0.3, -0.25) is 15.4 Å². The molecule has 1 atom stereocenters. The molecule has 2 aliphatic heterocycles. The molecule has 1 unspecified atom stereocenters. The number of rotatable bonds is 1. The second-order valence-electron chi connectivity index (χ2n) is 5.38. The van der Waals surface area contributed by atoms with Crippen LogP contribution in [0.3, 0.4) is 0 Å². The minimum absolute atomic E-state index is 0.136. The molecule has 0 amide bonds. The first-order valence-corrected chi connectivity index (χ1v) is 7.63. The van der Waals surface area contributed by atoms with Crippen molar-refractivity contribution in [1.82, 2.24) is 10.4 Å². The summed E-state index contributed by atoms with van der Waals surface area (Å²) in [6.07, 6.45) is 0. The lowest BCUT2D eigenvalue weighted by atomic mass is 10.0. The average Bonchev–Trinajstić information content (AvgIpc) is 2.83. The lowest BCUT2D eigenvalue weighted by molar-refractivity contribution is 0.664. The van der Waals surface area contributed by atoms with Crippen LogP contribution in [0.25, 0.3) is 0 Å². The first-order valence-electron chi connectivity index (χ1n) is 6.87. The molecule has 0 radical (unpaired) electrons. The van der Waals surface area contributed by atoms with Crippen LogP contribution in [0.15, 0.2) is 29.4 Å². The van der Waals surface area contributed by atoms with Crippen molar-refractivity contribution in [2.75, 3.05) is 10.4 Å². The number of hydrogen-bond acceptors (Lipinski definition) is 5. The van der Waals surface area contributed by atoms with Gasteiger partial charge >= 0.3 is 0 Å². The molecule has 0 saturated carbocycles. The molecule has 4 rings (SSSR count). The van der Waals surface area contributed by atoms with E-state index in [0.717, 1.165) is 34.2 Å². The predicted molar refractivity (Wildman–Crippen MR) is 89.6 cm³/mol. The van der Waals surface area contributed by atoms with Crippen LogP contribution in [-0.4, -0.2) is 10.8 Å². The topological polar surface area (TPSA) is 52.6 Å². The Morgan fingerprint density at radius 3 is 2.77 bits per heavy atom. The Kier molecular flexibility index (Phi) is 3.04. The first-order chi connectivity index (χ1) is 10.5. The van der Waals surface area contributed by atoms with Crippen molar-refractivity contribution in [2.45, 2.75) is 19.9 Å². The van der Waals surface area contributed by atoms with Gasteiger partial charge in [0, 0.05) is 15.7 Å². The third-order valence-corrected chi connectivity index (χ3v) is 4.40. The Hall–Kier alpha value is -1.82. The highest BCUT2D eigenvalue weighted by Gasteiger charge is 2.37. The summed E-state index contributed by atoms with van der Waals surface area (Å²) in [5.41, 5.74) is 11.2. The molecule has 1 aromatic heterocycles. The third kappa shape index (κ3) is 1.97. The van der Waals surface area contributed by atoms with Crippen LogP contribution in [0.4, 0.5) is 11.4 Å². The highest BCUT2D eigenvalue weighted by Crippen LogP contribution is 2.44. The second kappa shape index (κ2) is 4.84. The van der Waals surface area contributed by atoms with Crippen molar-refractivity contribution in [1.29, 1.82) is 0 Å². The molecule has 3 heterocycles. The van der Waals surface area contributed by atoms with Gasteiger partial charge < -0.3 is 0 Å². The molecule has 7 heteroatoms. The number of hydrazone groups is 1. The quantitative estimate of drug-likeness (QED) is 0.831. The Morgan fingerprint density at radius 1 is 1.18 bits per heavy atom. The molecule has 0 bridgehead atoms. The van der Waals surface area contributed by atoms with E-state index in [4.69, 9.17) is 28.2 Å². The summed E-state index contributed by atoms with van der Waals surface area (Å²) < 4.78 is 0. The summed E-state index contributed by atoms with van der Waals surface area (Å²) in [5.74, 6) is 0.826. The number of nitrogens with one attached hydrogen (secondary N) is 2. The van der Waals surface area contributed by atoms with Crippen molar-refractivity contribution >= 4 is 40.4 Å². The van der Waals surface area contributed by atoms with E-state index in [9.17, 15) is 0 Å². The lowest BCUT2D eigenvalue weighted by Gasteiger charge is -2.25. The van der Waals surface area contributed by atoms with Gasteiger partial charge in [0.1, 0.15) is 11.5 Å². The molecule has 0 saturated heterocycles. The van der Waals surface area contributed by atoms with Crippen molar-refractivity contribution in [3.63, 3.8) is 0 Å². The van der Waals surface area contributed by atoms with Crippen molar-refractivity contribution in [3.05, 3.63) is 51.3 Å². The molecule has 2 aromatic rings. The number of hydrogen-bond donors (Lipinski definition) is 2. The monoisotopic (exact) mass is 333 g/mol. The molecule has 5 nitrogen and oxygen atoms in total. The highest BCUT2D eigenvalue weighted by atomic mass is 35.5. The van der Waals surface area contributed by atoms with E-state index >= 15 is 0 Å². The zero-order chi connectivity index (χ0) is 15.4. The summed E-state index contributed by atoms with van der Waals surface area (Å²) in [7, 11) is 0. The van der Waals surface area contributed by atoms with E-state index in [0.29, 0.717) is 10.0 Å². The van der Waals surface area contributed by atoms with Gasteiger partial charge in [-0.15, -0.1) is 0 Å². The lowest BCUT2D eigenvalue weighted by Crippen LogP contribution is -2.40. The minimum atomic E-state index is -0.136. The van der Waals surface area contributed by atoms with Crippen LogP contribution < -0.4 is 15.9 Å². The number of aromatic nitrogens is 1. The molecule has 22 heavy (non-hydrogen) atoms. The van der Waals surface area contributed by atoms with Crippen LogP contribution in [0.2, 0.25) is 10.0 Å². The molecule has 0 spiro atoms. The fourth-order valence-electron chi connectivity index (χ4n) is 2.87. The van der Waals surface area contributed by atoms with Gasteiger partial charge in [-0.2, -0.15) is 5.10 Å². The van der Waals surface area contributed by atoms with Gasteiger partial charge in [-0.05, 0) is 37.6 Å². The molecule has 1 aromatic carbocycles. The summed E-state index contributed by atoms with van der Waals surface area (Å²) >= 11 is 12.4. The van der Waals surface area contributed by atoms with Crippen molar-refractivity contribution in [3.8, 4) is 0 Å². The largest absolute Gasteiger partial charge is 0.274 e. The molecule has 0 fully saturated rings. The van der Waals surface area contributed by atoms with Crippen LogP contribution in [0, 0.1) is 6.92 Å². The summed E-state index contributed by atoms with van der Waals surface area (Å²) in [6, 6.07) is 7.36. The van der Waals surface area contributed by atoms with Crippen LogP contribution in [0.5, 0.6) is 0 Å². The number of amidine groups is 1. The van der Waals surface area contributed by atoms with Crippen LogP contribution in [0.1, 0.15) is 29.9 Å². The zero-order valence-corrected chi connectivity index (χ0v) is 13.5. The van der Waals surface area contributed by atoms with Gasteiger partial charge in [-0.25, -0.2) is 5.43 Å². The Balaban J connectivity index is 1.91. The molecule has 112 valence electrons. The maximum atomic E-state index is 6.38. The van der Waals surface area contributed by atoms with Gasteiger partial charge in [0.05, 0.1) is 17.4 Å². The van der Waals surface area contributed by atoms with E-state index in [1.807, 2.05) is 37.1 Å². The van der Waals surface area contributed by atoms with Gasteiger partial charge in [0.15, 0.2) is 0 Å². The standard InChI is InChI=1S/C15H13Cl2N5/c1-7-5-12-15-14(18-7)13(21-22(15)8(2)19-20-12)10-4-3-9(16)6-11(10)17/h3-6,13,20-21H,1-2H3. The van der Waals surface area contributed by atoms with Gasteiger partial charge in [-0.1, -0.05) is 29.3 Å². The van der Waals surface area contributed by atoms with E-state index in [1.165, 1.54) is 0 Å². The Morgan fingerprint density at radius 2 is 2.00 bits per heavy atom. The average molecular weight is 334 g/mol. The molecule has 2 N–H and O–H groups in total. The summed E-state index contributed by atoms with van der Waals surface area (Å²) in [4.78, 5) is 4.71. The number of nitrogens with zero attached hydrogens (tertiary/aromatic N) is 3. The Labute approximate surface area is 137 Å². The normalized spacial score (nSPS) is 18.8.